The predicted octanol–water partition coefficient (Wildman–Crippen LogP) is 5.69. The minimum absolute atomic E-state index is 0.0749. The zero-order chi connectivity index (χ0) is 22.6. The van der Waals surface area contributed by atoms with Gasteiger partial charge in [-0.05, 0) is 38.7 Å². The number of carboxylic acids is 2. The van der Waals surface area contributed by atoms with Crippen LogP contribution in [0, 0.1) is 10.8 Å². The Bertz CT molecular complexity index is 644. The zero-order valence-electron chi connectivity index (χ0n) is 18.9. The lowest BCUT2D eigenvalue weighted by Crippen LogP contribution is -2.52. The number of carboxylic acid groups (broad SMARTS) is 2. The molecule has 0 heterocycles. The maximum absolute atomic E-state index is 12.2. The van der Waals surface area contributed by atoms with Crippen molar-refractivity contribution in [2.24, 2.45) is 10.8 Å². The zero-order valence-corrected chi connectivity index (χ0v) is 18.9. The predicted molar refractivity (Wildman–Crippen MR) is 119 cm³/mol. The molecule has 1 aromatic carbocycles. The van der Waals surface area contributed by atoms with Crippen LogP contribution in [0.2, 0.25) is 0 Å². The summed E-state index contributed by atoms with van der Waals surface area (Å²) in [5, 5.41) is 30.5. The molecule has 30 heavy (non-hydrogen) atoms. The number of rotatable bonds is 16. The van der Waals surface area contributed by atoms with Gasteiger partial charge in [0.2, 0.25) is 0 Å². The molecule has 3 atom stereocenters. The standard InChI is InChI=1S/C25H40O5/c1-4-5-6-7-8-9-10-14-17-21(26)19-25(3,23(29)30)24(2,22(27)28)18-20-15-12-11-13-16-20/h11-13,15-16,21,26H,4-10,14,17-19H2,1-3H3,(H,27,28)(H,29,30). The lowest BCUT2D eigenvalue weighted by molar-refractivity contribution is -0.174. The highest BCUT2D eigenvalue weighted by atomic mass is 16.4. The van der Waals surface area contributed by atoms with Crippen LogP contribution in [0.25, 0.3) is 0 Å². The molecule has 0 saturated heterocycles. The summed E-state index contributed by atoms with van der Waals surface area (Å²) in [7, 11) is 0. The molecule has 1 aromatic rings. The summed E-state index contributed by atoms with van der Waals surface area (Å²) < 4.78 is 0. The summed E-state index contributed by atoms with van der Waals surface area (Å²) in [5.41, 5.74) is -2.36. The number of aliphatic carboxylic acids is 2. The second-order valence-electron chi connectivity index (χ2n) is 9.06. The fourth-order valence-corrected chi connectivity index (χ4v) is 4.15. The third-order valence-corrected chi connectivity index (χ3v) is 6.60. The Balaban J connectivity index is 2.72. The van der Waals surface area contributed by atoms with E-state index in [0.29, 0.717) is 6.42 Å². The molecule has 0 fully saturated rings. The van der Waals surface area contributed by atoms with Gasteiger partial charge in [0, 0.05) is 0 Å². The Morgan fingerprint density at radius 1 is 0.833 bits per heavy atom. The topological polar surface area (TPSA) is 94.8 Å². The Morgan fingerprint density at radius 2 is 1.33 bits per heavy atom. The van der Waals surface area contributed by atoms with Crippen molar-refractivity contribution in [3.05, 3.63) is 35.9 Å². The van der Waals surface area contributed by atoms with E-state index in [4.69, 9.17) is 0 Å². The molecule has 0 aliphatic carbocycles. The van der Waals surface area contributed by atoms with Crippen LogP contribution >= 0.6 is 0 Å². The van der Waals surface area contributed by atoms with Crippen molar-refractivity contribution in [1.82, 2.24) is 0 Å². The molecule has 5 nitrogen and oxygen atoms in total. The van der Waals surface area contributed by atoms with Gasteiger partial charge >= 0.3 is 11.9 Å². The number of aliphatic hydroxyl groups is 1. The first kappa shape index (κ1) is 26.2. The van der Waals surface area contributed by atoms with E-state index >= 15 is 0 Å². The van der Waals surface area contributed by atoms with Gasteiger partial charge in [0.25, 0.3) is 0 Å². The SMILES string of the molecule is CCCCCCCCCCC(O)CC(C)(C(=O)O)C(C)(Cc1ccccc1)C(=O)O. The molecule has 0 spiro atoms. The molecule has 0 aromatic heterocycles. The van der Waals surface area contributed by atoms with Crippen LogP contribution in [0.15, 0.2) is 30.3 Å². The average molecular weight is 421 g/mol. The molecule has 1 rings (SSSR count). The monoisotopic (exact) mass is 420 g/mol. The van der Waals surface area contributed by atoms with Crippen molar-refractivity contribution in [1.29, 1.82) is 0 Å². The molecule has 0 bridgehead atoms. The Kier molecular flexibility index (Phi) is 11.1. The molecule has 0 amide bonds. The third kappa shape index (κ3) is 7.42. The third-order valence-electron chi connectivity index (χ3n) is 6.60. The van der Waals surface area contributed by atoms with Crippen LogP contribution < -0.4 is 0 Å². The van der Waals surface area contributed by atoms with Gasteiger partial charge in [-0.3, -0.25) is 9.59 Å². The van der Waals surface area contributed by atoms with E-state index in [9.17, 15) is 24.9 Å². The second-order valence-corrected chi connectivity index (χ2v) is 9.06. The molecule has 0 saturated carbocycles. The highest BCUT2D eigenvalue weighted by Gasteiger charge is 2.56. The van der Waals surface area contributed by atoms with E-state index in [-0.39, 0.29) is 12.8 Å². The van der Waals surface area contributed by atoms with Crippen molar-refractivity contribution in [3.8, 4) is 0 Å². The van der Waals surface area contributed by atoms with E-state index in [1.54, 1.807) is 12.1 Å². The number of aliphatic hydroxyl groups excluding tert-OH is 1. The van der Waals surface area contributed by atoms with Gasteiger partial charge in [0.05, 0.1) is 16.9 Å². The smallest absolute Gasteiger partial charge is 0.310 e. The highest BCUT2D eigenvalue weighted by Crippen LogP contribution is 2.46. The number of unbranched alkanes of at least 4 members (excludes halogenated alkanes) is 7. The first-order valence-electron chi connectivity index (χ1n) is 11.4. The van der Waals surface area contributed by atoms with Crippen LogP contribution in [-0.2, 0) is 16.0 Å². The van der Waals surface area contributed by atoms with Gasteiger partial charge in [0.1, 0.15) is 0 Å². The molecule has 5 heteroatoms. The number of hydrogen-bond donors (Lipinski definition) is 3. The van der Waals surface area contributed by atoms with Crippen molar-refractivity contribution < 1.29 is 24.9 Å². The maximum atomic E-state index is 12.2. The summed E-state index contributed by atoms with van der Waals surface area (Å²) in [5.74, 6) is -2.34. The summed E-state index contributed by atoms with van der Waals surface area (Å²) in [6.07, 6.45) is 8.84. The number of benzene rings is 1. The van der Waals surface area contributed by atoms with E-state index in [1.165, 1.54) is 46.0 Å². The first-order valence-corrected chi connectivity index (χ1v) is 11.4. The van der Waals surface area contributed by atoms with Crippen molar-refractivity contribution in [2.75, 3.05) is 0 Å². The normalized spacial score (nSPS) is 16.4. The van der Waals surface area contributed by atoms with E-state index < -0.39 is 28.9 Å². The van der Waals surface area contributed by atoms with E-state index in [1.807, 2.05) is 18.2 Å². The highest BCUT2D eigenvalue weighted by molar-refractivity contribution is 5.86. The first-order chi connectivity index (χ1) is 14.2. The molecule has 3 unspecified atom stereocenters. The Hall–Kier alpha value is -1.88. The van der Waals surface area contributed by atoms with Crippen LogP contribution in [0.4, 0.5) is 0 Å². The van der Waals surface area contributed by atoms with Gasteiger partial charge < -0.3 is 15.3 Å². The largest absolute Gasteiger partial charge is 0.481 e. The fraction of sp³-hybridized carbons (Fsp3) is 0.680. The quantitative estimate of drug-likeness (QED) is 0.299. The Labute approximate surface area is 181 Å². The summed E-state index contributed by atoms with van der Waals surface area (Å²) >= 11 is 0. The summed E-state index contributed by atoms with van der Waals surface area (Å²) in [6, 6.07) is 9.08. The van der Waals surface area contributed by atoms with Gasteiger partial charge in [-0.15, -0.1) is 0 Å². The second kappa shape index (κ2) is 12.7. The molecule has 0 aliphatic heterocycles. The van der Waals surface area contributed by atoms with Crippen LogP contribution in [0.3, 0.4) is 0 Å². The van der Waals surface area contributed by atoms with Crippen LogP contribution in [-0.4, -0.2) is 33.4 Å². The van der Waals surface area contributed by atoms with Crippen molar-refractivity contribution in [2.45, 2.75) is 97.5 Å². The van der Waals surface area contributed by atoms with Crippen molar-refractivity contribution in [3.63, 3.8) is 0 Å². The lowest BCUT2D eigenvalue weighted by atomic mass is 9.60. The molecule has 0 radical (unpaired) electrons. The molecule has 3 N–H and O–H groups in total. The Morgan fingerprint density at radius 3 is 1.83 bits per heavy atom. The van der Waals surface area contributed by atoms with E-state index in [0.717, 1.165) is 24.8 Å². The average Bonchev–Trinajstić information content (AvgIpc) is 2.70. The molecular formula is C25H40O5. The summed E-state index contributed by atoms with van der Waals surface area (Å²) in [4.78, 5) is 24.4. The molecule has 0 aliphatic rings. The number of carbonyl (C=O) groups is 2. The van der Waals surface area contributed by atoms with Gasteiger partial charge in [0.15, 0.2) is 0 Å². The fourth-order valence-electron chi connectivity index (χ4n) is 4.15. The van der Waals surface area contributed by atoms with Crippen LogP contribution in [0.1, 0.15) is 90.5 Å². The van der Waals surface area contributed by atoms with Gasteiger partial charge in [-0.25, -0.2) is 0 Å². The summed E-state index contributed by atoms with van der Waals surface area (Å²) in [6.45, 7) is 5.14. The van der Waals surface area contributed by atoms with Crippen LogP contribution in [0.5, 0.6) is 0 Å². The van der Waals surface area contributed by atoms with Gasteiger partial charge in [-0.1, -0.05) is 88.6 Å². The minimum atomic E-state index is -1.59. The molecule has 170 valence electrons. The molecular weight excluding hydrogens is 380 g/mol. The minimum Gasteiger partial charge on any atom is -0.481 e. The van der Waals surface area contributed by atoms with Gasteiger partial charge in [-0.2, -0.15) is 0 Å². The lowest BCUT2D eigenvalue weighted by Gasteiger charge is -2.41. The van der Waals surface area contributed by atoms with E-state index in [2.05, 4.69) is 6.92 Å². The maximum Gasteiger partial charge on any atom is 0.310 e. The number of hydrogen-bond acceptors (Lipinski definition) is 3. The van der Waals surface area contributed by atoms with Crippen molar-refractivity contribution >= 4 is 11.9 Å².